The van der Waals surface area contributed by atoms with E-state index in [0.29, 0.717) is 25.0 Å². The molecule has 1 aliphatic rings. The number of rotatable bonds is 8. The van der Waals surface area contributed by atoms with E-state index in [-0.39, 0.29) is 0 Å². The molecule has 0 N–H and O–H groups in total. The quantitative estimate of drug-likeness (QED) is 0.298. The molecule has 21 heavy (non-hydrogen) atoms. The molecular weight excluding hydrogens is 268 g/mol. The van der Waals surface area contributed by atoms with Gasteiger partial charge < -0.3 is 9.47 Å². The normalized spacial score (nSPS) is 18.1. The van der Waals surface area contributed by atoms with Gasteiger partial charge in [-0.3, -0.25) is 0 Å². The summed E-state index contributed by atoms with van der Waals surface area (Å²) in [4.78, 5) is 22.8. The van der Waals surface area contributed by atoms with Gasteiger partial charge in [0.1, 0.15) is 0 Å². The fourth-order valence-corrected chi connectivity index (χ4v) is 2.10. The third-order valence-electron chi connectivity index (χ3n) is 3.36. The molecule has 118 valence electrons. The maximum Gasteiger partial charge on any atom is 0.331 e. The van der Waals surface area contributed by atoms with Gasteiger partial charge in [-0.15, -0.1) is 0 Å². The number of carbonyl (C=O) groups excluding carboxylic acids is 2. The molecule has 0 fully saturated rings. The zero-order valence-electron chi connectivity index (χ0n) is 13.0. The first-order valence-corrected chi connectivity index (χ1v) is 7.74. The van der Waals surface area contributed by atoms with Crippen molar-refractivity contribution in [1.29, 1.82) is 0 Å². The zero-order valence-corrected chi connectivity index (χ0v) is 13.0. The van der Waals surface area contributed by atoms with Crippen molar-refractivity contribution in [2.45, 2.75) is 46.0 Å². The van der Waals surface area contributed by atoms with Crippen molar-refractivity contribution < 1.29 is 19.1 Å². The van der Waals surface area contributed by atoms with Crippen molar-refractivity contribution in [3.05, 3.63) is 24.3 Å². The van der Waals surface area contributed by atoms with Crippen LogP contribution in [0.4, 0.5) is 0 Å². The van der Waals surface area contributed by atoms with Crippen molar-refractivity contribution in [2.75, 3.05) is 13.2 Å². The Morgan fingerprint density at radius 1 is 1.19 bits per heavy atom. The minimum Gasteiger partial charge on any atom is -0.463 e. The van der Waals surface area contributed by atoms with E-state index < -0.39 is 11.9 Å². The van der Waals surface area contributed by atoms with Gasteiger partial charge in [-0.1, -0.05) is 26.0 Å². The highest BCUT2D eigenvalue weighted by Crippen LogP contribution is 2.18. The summed E-state index contributed by atoms with van der Waals surface area (Å²) in [5.41, 5.74) is 0. The van der Waals surface area contributed by atoms with Gasteiger partial charge in [-0.2, -0.15) is 0 Å². The van der Waals surface area contributed by atoms with Crippen molar-refractivity contribution in [1.82, 2.24) is 0 Å². The average Bonchev–Trinajstić information content (AvgIpc) is 2.48. The number of allylic oxidation sites excluding steroid dienone is 2. The van der Waals surface area contributed by atoms with E-state index in [2.05, 4.69) is 26.0 Å². The van der Waals surface area contributed by atoms with Gasteiger partial charge in [0, 0.05) is 12.2 Å². The highest BCUT2D eigenvalue weighted by Gasteiger charge is 2.11. The lowest BCUT2D eigenvalue weighted by Gasteiger charge is -2.16. The van der Waals surface area contributed by atoms with Crippen LogP contribution in [0.2, 0.25) is 0 Å². The molecule has 0 radical (unpaired) electrons. The van der Waals surface area contributed by atoms with E-state index in [1.54, 1.807) is 0 Å². The molecule has 1 aliphatic carbocycles. The number of ether oxygens (including phenoxy) is 2. The molecule has 0 heterocycles. The first-order chi connectivity index (χ1) is 10.1. The van der Waals surface area contributed by atoms with Crippen molar-refractivity contribution in [3.63, 3.8) is 0 Å². The van der Waals surface area contributed by atoms with Gasteiger partial charge in [0.2, 0.25) is 0 Å². The number of hydrogen-bond acceptors (Lipinski definition) is 4. The molecule has 0 spiro atoms. The molecule has 0 aromatic rings. The number of hydrogen-bond donors (Lipinski definition) is 0. The standard InChI is InChI=1S/C17H26O4/c1-14(2)7-6-12-20-16(18)10-11-17(19)21-13-15-8-4-3-5-9-15/h3-4,10-11,14-15H,5-9,12-13H2,1-2H3/b11-10+. The summed E-state index contributed by atoms with van der Waals surface area (Å²) >= 11 is 0. The molecule has 0 saturated carbocycles. The predicted molar refractivity (Wildman–Crippen MR) is 81.6 cm³/mol. The predicted octanol–water partition coefficient (Wildman–Crippen LogP) is 3.42. The van der Waals surface area contributed by atoms with Gasteiger partial charge in [0.15, 0.2) is 0 Å². The van der Waals surface area contributed by atoms with Crippen LogP contribution in [0.25, 0.3) is 0 Å². The fraction of sp³-hybridized carbons (Fsp3) is 0.647. The van der Waals surface area contributed by atoms with Gasteiger partial charge in [0.05, 0.1) is 13.2 Å². The maximum absolute atomic E-state index is 11.5. The Balaban J connectivity index is 2.11. The molecule has 1 unspecified atom stereocenters. The maximum atomic E-state index is 11.5. The minimum atomic E-state index is -0.490. The van der Waals surface area contributed by atoms with E-state index >= 15 is 0 Å². The topological polar surface area (TPSA) is 52.6 Å². The molecule has 4 nitrogen and oxygen atoms in total. The van der Waals surface area contributed by atoms with Crippen LogP contribution in [-0.2, 0) is 19.1 Å². The van der Waals surface area contributed by atoms with Gasteiger partial charge in [-0.05, 0) is 43.9 Å². The molecule has 0 amide bonds. The van der Waals surface area contributed by atoms with E-state index in [9.17, 15) is 9.59 Å². The molecule has 0 aliphatic heterocycles. The monoisotopic (exact) mass is 294 g/mol. The van der Waals surface area contributed by atoms with Crippen LogP contribution < -0.4 is 0 Å². The molecule has 0 bridgehead atoms. The second kappa shape index (κ2) is 10.2. The van der Waals surface area contributed by atoms with Crippen LogP contribution in [0.3, 0.4) is 0 Å². The number of carbonyl (C=O) groups is 2. The number of esters is 2. The summed E-state index contributed by atoms with van der Waals surface area (Å²) in [5, 5.41) is 0. The van der Waals surface area contributed by atoms with Crippen LogP contribution in [0.15, 0.2) is 24.3 Å². The molecule has 0 aromatic heterocycles. The van der Waals surface area contributed by atoms with E-state index in [4.69, 9.17) is 9.47 Å². The first kappa shape index (κ1) is 17.5. The highest BCUT2D eigenvalue weighted by molar-refractivity contribution is 5.91. The molecule has 1 rings (SSSR count). The summed E-state index contributed by atoms with van der Waals surface area (Å²) in [5.74, 6) is 0.0270. The highest BCUT2D eigenvalue weighted by atomic mass is 16.5. The summed E-state index contributed by atoms with van der Waals surface area (Å²) in [6.45, 7) is 5.06. The molecule has 4 heteroatoms. The van der Waals surface area contributed by atoms with Crippen molar-refractivity contribution in [3.8, 4) is 0 Å². The third kappa shape index (κ3) is 9.05. The summed E-state index contributed by atoms with van der Waals surface area (Å²) in [6, 6.07) is 0. The lowest BCUT2D eigenvalue weighted by molar-refractivity contribution is -0.141. The molecule has 0 aromatic carbocycles. The lowest BCUT2D eigenvalue weighted by atomic mass is 9.95. The smallest absolute Gasteiger partial charge is 0.331 e. The van der Waals surface area contributed by atoms with Crippen molar-refractivity contribution in [2.24, 2.45) is 11.8 Å². The van der Waals surface area contributed by atoms with Crippen LogP contribution in [0, 0.1) is 11.8 Å². The Hall–Kier alpha value is -1.58. The van der Waals surface area contributed by atoms with Gasteiger partial charge in [-0.25, -0.2) is 9.59 Å². The second-order valence-corrected chi connectivity index (χ2v) is 5.82. The van der Waals surface area contributed by atoms with Crippen LogP contribution in [0.1, 0.15) is 46.0 Å². The summed E-state index contributed by atoms with van der Waals surface area (Å²) < 4.78 is 10.1. The Morgan fingerprint density at radius 2 is 1.90 bits per heavy atom. The summed E-state index contributed by atoms with van der Waals surface area (Å²) in [6.07, 6.45) is 11.5. The summed E-state index contributed by atoms with van der Waals surface area (Å²) in [7, 11) is 0. The van der Waals surface area contributed by atoms with Gasteiger partial charge in [0.25, 0.3) is 0 Å². The van der Waals surface area contributed by atoms with Gasteiger partial charge >= 0.3 is 11.9 Å². The minimum absolute atomic E-state index is 0.394. The van der Waals surface area contributed by atoms with E-state index in [1.165, 1.54) is 0 Å². The fourth-order valence-electron chi connectivity index (χ4n) is 2.10. The zero-order chi connectivity index (χ0) is 15.5. The van der Waals surface area contributed by atoms with Crippen LogP contribution in [-0.4, -0.2) is 25.2 Å². The van der Waals surface area contributed by atoms with E-state index in [1.807, 2.05) is 0 Å². The third-order valence-corrected chi connectivity index (χ3v) is 3.36. The van der Waals surface area contributed by atoms with Crippen LogP contribution in [0.5, 0.6) is 0 Å². The van der Waals surface area contributed by atoms with Crippen LogP contribution >= 0.6 is 0 Å². The lowest BCUT2D eigenvalue weighted by Crippen LogP contribution is -2.14. The second-order valence-electron chi connectivity index (χ2n) is 5.82. The molecular formula is C17H26O4. The average molecular weight is 294 g/mol. The largest absolute Gasteiger partial charge is 0.463 e. The first-order valence-electron chi connectivity index (χ1n) is 7.74. The molecule has 0 saturated heterocycles. The molecule has 1 atom stereocenters. The Morgan fingerprint density at radius 3 is 2.52 bits per heavy atom. The Labute approximate surface area is 127 Å². The van der Waals surface area contributed by atoms with Crippen molar-refractivity contribution >= 4 is 11.9 Å². The van der Waals surface area contributed by atoms with E-state index in [0.717, 1.165) is 44.3 Å². The Bertz CT molecular complexity index is 382. The SMILES string of the molecule is CC(C)CCCOC(=O)/C=C/C(=O)OCC1CC=CCC1. The Kier molecular flexibility index (Phi) is 8.48.